The topological polar surface area (TPSA) is 38.7 Å². The molecule has 0 saturated carbocycles. The van der Waals surface area contributed by atoms with Crippen LogP contribution in [-0.2, 0) is 9.47 Å². The van der Waals surface area contributed by atoms with Gasteiger partial charge in [-0.15, -0.1) is 0 Å². The van der Waals surface area contributed by atoms with Crippen LogP contribution in [0.15, 0.2) is 0 Å². The summed E-state index contributed by atoms with van der Waals surface area (Å²) in [4.78, 5) is 0. The lowest BCUT2D eigenvalue weighted by atomic mass is 10.00. The van der Waals surface area contributed by atoms with Gasteiger partial charge < -0.3 is 14.6 Å². The summed E-state index contributed by atoms with van der Waals surface area (Å²) in [5.41, 5.74) is 0. The number of hydrogen-bond donors (Lipinski definition) is 1. The van der Waals surface area contributed by atoms with Crippen molar-refractivity contribution in [1.82, 2.24) is 0 Å². The predicted octanol–water partition coefficient (Wildman–Crippen LogP) is 3.01. The Morgan fingerprint density at radius 2 is 1.71 bits per heavy atom. The molecule has 0 aromatic rings. The average molecular weight is 246 g/mol. The van der Waals surface area contributed by atoms with Crippen LogP contribution in [-0.4, -0.2) is 37.6 Å². The van der Waals surface area contributed by atoms with Gasteiger partial charge in [0, 0.05) is 26.4 Å². The van der Waals surface area contributed by atoms with Crippen LogP contribution in [0.2, 0.25) is 0 Å². The van der Waals surface area contributed by atoms with E-state index in [0.29, 0.717) is 12.7 Å². The van der Waals surface area contributed by atoms with Gasteiger partial charge in [-0.1, -0.05) is 27.2 Å². The highest BCUT2D eigenvalue weighted by Gasteiger charge is 2.10. The fraction of sp³-hybridized carbons (Fsp3) is 1.00. The van der Waals surface area contributed by atoms with Crippen LogP contribution >= 0.6 is 0 Å². The Hall–Kier alpha value is -0.120. The smallest absolute Gasteiger partial charge is 0.0575 e. The van der Waals surface area contributed by atoms with Gasteiger partial charge in [0.1, 0.15) is 0 Å². The third-order valence-corrected chi connectivity index (χ3v) is 3.05. The van der Waals surface area contributed by atoms with Crippen molar-refractivity contribution < 1.29 is 14.6 Å². The Morgan fingerprint density at radius 1 is 1.00 bits per heavy atom. The average Bonchev–Trinajstić information content (AvgIpc) is 2.35. The number of aliphatic hydroxyl groups excluding tert-OH is 1. The number of hydrogen-bond acceptors (Lipinski definition) is 3. The Balaban J connectivity index is 3.37. The Bertz CT molecular complexity index is 150. The third-order valence-electron chi connectivity index (χ3n) is 3.05. The van der Waals surface area contributed by atoms with Gasteiger partial charge >= 0.3 is 0 Å². The first-order chi connectivity index (χ1) is 8.24. The number of ether oxygens (including phenoxy) is 2. The van der Waals surface area contributed by atoms with E-state index in [0.717, 1.165) is 38.4 Å². The maximum absolute atomic E-state index is 8.58. The van der Waals surface area contributed by atoms with E-state index >= 15 is 0 Å². The summed E-state index contributed by atoms with van der Waals surface area (Å²) in [5, 5.41) is 8.58. The van der Waals surface area contributed by atoms with Crippen LogP contribution in [0.3, 0.4) is 0 Å². The fourth-order valence-corrected chi connectivity index (χ4v) is 1.65. The first-order valence-corrected chi connectivity index (χ1v) is 7.04. The van der Waals surface area contributed by atoms with Gasteiger partial charge in [-0.25, -0.2) is 0 Å². The van der Waals surface area contributed by atoms with E-state index < -0.39 is 0 Å². The Kier molecular flexibility index (Phi) is 12.3. The Morgan fingerprint density at radius 3 is 2.29 bits per heavy atom. The van der Waals surface area contributed by atoms with Crippen molar-refractivity contribution in [3.63, 3.8) is 0 Å². The lowest BCUT2D eigenvalue weighted by molar-refractivity contribution is 0.0180. The van der Waals surface area contributed by atoms with Crippen LogP contribution in [0.1, 0.15) is 52.9 Å². The second kappa shape index (κ2) is 12.3. The first kappa shape index (κ1) is 16.9. The van der Waals surface area contributed by atoms with Crippen LogP contribution in [0.25, 0.3) is 0 Å². The van der Waals surface area contributed by atoms with Gasteiger partial charge in [-0.05, 0) is 31.6 Å². The summed E-state index contributed by atoms with van der Waals surface area (Å²) in [6.07, 6.45) is 5.56. The van der Waals surface area contributed by atoms with Crippen molar-refractivity contribution in [2.45, 2.75) is 59.0 Å². The van der Waals surface area contributed by atoms with E-state index in [1.165, 1.54) is 12.8 Å². The lowest BCUT2D eigenvalue weighted by Gasteiger charge is -2.19. The summed E-state index contributed by atoms with van der Waals surface area (Å²) in [6, 6.07) is 0. The summed E-state index contributed by atoms with van der Waals surface area (Å²) in [6.45, 7) is 9.08. The van der Waals surface area contributed by atoms with Crippen molar-refractivity contribution in [2.24, 2.45) is 5.92 Å². The molecule has 0 aromatic heterocycles. The molecular weight excluding hydrogens is 216 g/mol. The molecule has 2 atom stereocenters. The molecule has 0 radical (unpaired) electrons. The highest BCUT2D eigenvalue weighted by atomic mass is 16.5. The zero-order valence-corrected chi connectivity index (χ0v) is 11.8. The standard InChI is InChI=1S/C14H30O3/c1-4-13(3)12-14(5-2)17-11-7-10-16-9-6-8-15/h13-15H,4-12H2,1-3H3. The van der Waals surface area contributed by atoms with Gasteiger partial charge in [0.05, 0.1) is 6.10 Å². The van der Waals surface area contributed by atoms with E-state index in [-0.39, 0.29) is 6.61 Å². The maximum Gasteiger partial charge on any atom is 0.0575 e. The quantitative estimate of drug-likeness (QED) is 0.538. The Labute approximate surface area is 107 Å². The molecule has 2 unspecified atom stereocenters. The lowest BCUT2D eigenvalue weighted by Crippen LogP contribution is -2.17. The van der Waals surface area contributed by atoms with Crippen molar-refractivity contribution in [2.75, 3.05) is 26.4 Å². The molecule has 0 aliphatic carbocycles. The van der Waals surface area contributed by atoms with Gasteiger partial charge in [-0.2, -0.15) is 0 Å². The molecule has 0 heterocycles. The zero-order valence-electron chi connectivity index (χ0n) is 11.8. The summed E-state index contributed by atoms with van der Waals surface area (Å²) < 4.78 is 11.2. The molecule has 0 amide bonds. The number of aliphatic hydroxyl groups is 1. The highest BCUT2D eigenvalue weighted by molar-refractivity contribution is 4.60. The molecule has 0 saturated heterocycles. The first-order valence-electron chi connectivity index (χ1n) is 7.04. The zero-order chi connectivity index (χ0) is 12.9. The maximum atomic E-state index is 8.58. The van der Waals surface area contributed by atoms with Crippen molar-refractivity contribution in [3.8, 4) is 0 Å². The molecule has 3 nitrogen and oxygen atoms in total. The van der Waals surface area contributed by atoms with Gasteiger partial charge in [-0.3, -0.25) is 0 Å². The fourth-order valence-electron chi connectivity index (χ4n) is 1.65. The minimum absolute atomic E-state index is 0.212. The van der Waals surface area contributed by atoms with E-state index in [1.54, 1.807) is 0 Å². The second-order valence-corrected chi connectivity index (χ2v) is 4.69. The second-order valence-electron chi connectivity index (χ2n) is 4.69. The van der Waals surface area contributed by atoms with Crippen LogP contribution in [0.5, 0.6) is 0 Å². The third kappa shape index (κ3) is 10.7. The molecule has 104 valence electrons. The number of rotatable bonds is 12. The normalized spacial score (nSPS) is 14.8. The molecule has 0 aliphatic heterocycles. The van der Waals surface area contributed by atoms with E-state index in [1.807, 2.05) is 0 Å². The van der Waals surface area contributed by atoms with Gasteiger partial charge in [0.25, 0.3) is 0 Å². The van der Waals surface area contributed by atoms with Gasteiger partial charge in [0.15, 0.2) is 0 Å². The monoisotopic (exact) mass is 246 g/mol. The molecule has 3 heteroatoms. The van der Waals surface area contributed by atoms with Crippen LogP contribution < -0.4 is 0 Å². The molecule has 0 rings (SSSR count). The van der Waals surface area contributed by atoms with Crippen LogP contribution in [0.4, 0.5) is 0 Å². The van der Waals surface area contributed by atoms with Crippen LogP contribution in [0, 0.1) is 5.92 Å². The van der Waals surface area contributed by atoms with Gasteiger partial charge in [0.2, 0.25) is 0 Å². The minimum atomic E-state index is 0.212. The molecule has 0 aliphatic rings. The minimum Gasteiger partial charge on any atom is -0.396 e. The van der Waals surface area contributed by atoms with Crippen molar-refractivity contribution in [1.29, 1.82) is 0 Å². The summed E-state index contributed by atoms with van der Waals surface area (Å²) in [5.74, 6) is 0.751. The largest absolute Gasteiger partial charge is 0.396 e. The molecular formula is C14H30O3. The van der Waals surface area contributed by atoms with E-state index in [9.17, 15) is 0 Å². The van der Waals surface area contributed by atoms with E-state index in [4.69, 9.17) is 14.6 Å². The predicted molar refractivity (Wildman–Crippen MR) is 71.2 cm³/mol. The molecule has 0 aromatic carbocycles. The molecule has 17 heavy (non-hydrogen) atoms. The van der Waals surface area contributed by atoms with E-state index in [2.05, 4.69) is 20.8 Å². The molecule has 0 spiro atoms. The SMILES string of the molecule is CCC(C)CC(CC)OCCCOCCCO. The summed E-state index contributed by atoms with van der Waals surface area (Å²) >= 11 is 0. The summed E-state index contributed by atoms with van der Waals surface area (Å²) in [7, 11) is 0. The molecule has 0 bridgehead atoms. The molecule has 0 fully saturated rings. The van der Waals surface area contributed by atoms with Crippen molar-refractivity contribution in [3.05, 3.63) is 0 Å². The van der Waals surface area contributed by atoms with Crippen molar-refractivity contribution >= 4 is 0 Å². The highest BCUT2D eigenvalue weighted by Crippen LogP contribution is 2.14. The molecule has 1 N–H and O–H groups in total.